The third-order valence-corrected chi connectivity index (χ3v) is 5.78. The summed E-state index contributed by atoms with van der Waals surface area (Å²) < 4.78 is 0. The fraction of sp³-hybridized carbons (Fsp3) is 0.286. The van der Waals surface area contributed by atoms with E-state index in [1.807, 2.05) is 0 Å². The average Bonchev–Trinajstić information content (AvgIpc) is 3.06. The van der Waals surface area contributed by atoms with Crippen molar-refractivity contribution in [3.63, 3.8) is 0 Å². The zero-order chi connectivity index (χ0) is 18.9. The van der Waals surface area contributed by atoms with Gasteiger partial charge in [-0.05, 0) is 5.92 Å². The Bertz CT molecular complexity index is 895. The van der Waals surface area contributed by atoms with Crippen molar-refractivity contribution in [1.82, 2.24) is 0 Å². The Hall–Kier alpha value is -1.46. The van der Waals surface area contributed by atoms with Gasteiger partial charge < -0.3 is 14.9 Å². The molecular weight excluding hydrogens is 428 g/mol. The largest absolute Gasteiger partial charge is 4.00 e. The van der Waals surface area contributed by atoms with E-state index >= 15 is 0 Å². The molecule has 0 aliphatic heterocycles. The molecule has 0 saturated carbocycles. The molecule has 1 unspecified atom stereocenters. The quantitative estimate of drug-likeness (QED) is 0.377. The molecule has 0 N–H and O–H groups in total. The van der Waals surface area contributed by atoms with Crippen molar-refractivity contribution in [3.8, 4) is 0 Å². The molecule has 0 aromatic heterocycles. The monoisotopic (exact) mass is 460 g/mol. The summed E-state index contributed by atoms with van der Waals surface area (Å²) in [5.41, 5.74) is 9.62. The first-order chi connectivity index (χ1) is 12.3. The standard InChI is InChI=1S/C16H13.C10H15.2CH3.Zr/c1-12-15-10-6-5-9-14(15)11-16(12)13-7-3-2-4-8-13;1-7-6-10(4,5)9(3)8(7)2;;;/h2-10,12H,1H3;1-5H3;2*1H3;/q4*-1;+4. The van der Waals surface area contributed by atoms with Crippen LogP contribution in [0.4, 0.5) is 0 Å². The van der Waals surface area contributed by atoms with Gasteiger partial charge in [0.05, 0.1) is 0 Å². The fourth-order valence-corrected chi connectivity index (χ4v) is 3.74. The van der Waals surface area contributed by atoms with Crippen molar-refractivity contribution in [2.24, 2.45) is 5.41 Å². The summed E-state index contributed by atoms with van der Waals surface area (Å²) in [6.45, 7) is 13.2. The maximum Gasteiger partial charge on any atom is 4.00 e. The van der Waals surface area contributed by atoms with Crippen LogP contribution in [0.3, 0.4) is 0 Å². The van der Waals surface area contributed by atoms with Crippen molar-refractivity contribution < 1.29 is 26.2 Å². The molecule has 0 amide bonds. The first-order valence-electron chi connectivity index (χ1n) is 9.39. The first-order valence-corrected chi connectivity index (χ1v) is 9.39. The molecule has 2 aliphatic rings. The van der Waals surface area contributed by atoms with Gasteiger partial charge in [-0.15, -0.1) is 47.9 Å². The van der Waals surface area contributed by atoms with Gasteiger partial charge in [-0.2, -0.15) is 11.1 Å². The van der Waals surface area contributed by atoms with Crippen molar-refractivity contribution in [3.05, 3.63) is 115 Å². The predicted octanol–water partition coefficient (Wildman–Crippen LogP) is 8.05. The number of benzene rings is 2. The Morgan fingerprint density at radius 2 is 1.38 bits per heavy atom. The number of allylic oxidation sites excluding steroid dienone is 5. The van der Waals surface area contributed by atoms with Gasteiger partial charge in [-0.1, -0.05) is 82.0 Å². The molecule has 1 atom stereocenters. The predicted molar refractivity (Wildman–Crippen MR) is 124 cm³/mol. The number of fused-ring (bicyclic) bond motifs is 1. The molecule has 29 heavy (non-hydrogen) atoms. The Labute approximate surface area is 199 Å². The Morgan fingerprint density at radius 1 is 0.828 bits per heavy atom. The van der Waals surface area contributed by atoms with E-state index in [0.717, 1.165) is 0 Å². The van der Waals surface area contributed by atoms with Crippen LogP contribution in [0.15, 0.2) is 71.3 Å². The molecule has 0 bridgehead atoms. The fourth-order valence-electron chi connectivity index (χ4n) is 3.74. The smallest absolute Gasteiger partial charge is 0.358 e. The second kappa shape index (κ2) is 11.1. The maximum atomic E-state index is 3.52. The molecule has 2 aliphatic carbocycles. The SMILES string of the molecule is CC1=[C-]C(C)(C)C(C)=C1C.CC1C(c2ccccc2)=[C-]c2ccccc21.[CH3-].[CH3-].[Zr+4]. The van der Waals surface area contributed by atoms with E-state index in [1.54, 1.807) is 0 Å². The van der Waals surface area contributed by atoms with Gasteiger partial charge in [0.1, 0.15) is 0 Å². The minimum atomic E-state index is 0. The van der Waals surface area contributed by atoms with Crippen LogP contribution in [0.2, 0.25) is 0 Å². The number of hydrogen-bond acceptors (Lipinski definition) is 0. The molecule has 2 aromatic rings. The van der Waals surface area contributed by atoms with Gasteiger partial charge in [0.2, 0.25) is 0 Å². The minimum Gasteiger partial charge on any atom is -0.358 e. The molecule has 0 fully saturated rings. The minimum absolute atomic E-state index is 0. The van der Waals surface area contributed by atoms with E-state index in [4.69, 9.17) is 0 Å². The normalized spacial score (nSPS) is 18.1. The summed E-state index contributed by atoms with van der Waals surface area (Å²) in [6.07, 6.45) is 6.95. The molecule has 1 heteroatoms. The Kier molecular flexibility index (Phi) is 10.5. The zero-order valence-corrected chi connectivity index (χ0v) is 21.7. The summed E-state index contributed by atoms with van der Waals surface area (Å²) in [5.74, 6) is 0.457. The van der Waals surface area contributed by atoms with Crippen LogP contribution in [-0.4, -0.2) is 0 Å². The maximum absolute atomic E-state index is 3.52. The van der Waals surface area contributed by atoms with Crippen LogP contribution in [0.1, 0.15) is 64.2 Å². The molecule has 0 spiro atoms. The van der Waals surface area contributed by atoms with Gasteiger partial charge in [0, 0.05) is 0 Å². The van der Waals surface area contributed by atoms with Crippen LogP contribution in [0.25, 0.3) is 5.57 Å². The molecule has 0 heterocycles. The van der Waals surface area contributed by atoms with E-state index in [2.05, 4.69) is 108 Å². The Balaban J connectivity index is 0.000000535. The summed E-state index contributed by atoms with van der Waals surface area (Å²) >= 11 is 0. The zero-order valence-electron chi connectivity index (χ0n) is 19.3. The second-order valence-corrected chi connectivity index (χ2v) is 7.84. The van der Waals surface area contributed by atoms with Gasteiger partial charge in [-0.3, -0.25) is 6.08 Å². The van der Waals surface area contributed by atoms with Crippen LogP contribution < -0.4 is 0 Å². The summed E-state index contributed by atoms with van der Waals surface area (Å²) in [6, 6.07) is 19.0. The first kappa shape index (κ1) is 27.5. The molecule has 0 nitrogen and oxygen atoms in total. The third kappa shape index (κ3) is 5.79. The van der Waals surface area contributed by atoms with E-state index in [0.29, 0.717) is 5.92 Å². The van der Waals surface area contributed by atoms with Crippen LogP contribution in [-0.2, 0) is 26.2 Å². The van der Waals surface area contributed by atoms with Crippen molar-refractivity contribution >= 4 is 5.57 Å². The molecule has 4 rings (SSSR count). The molecule has 0 saturated heterocycles. The second-order valence-electron chi connectivity index (χ2n) is 7.84. The van der Waals surface area contributed by atoms with E-state index in [9.17, 15) is 0 Å². The van der Waals surface area contributed by atoms with Gasteiger partial charge in [-0.25, -0.2) is 5.57 Å². The molecule has 2 aromatic carbocycles. The molecule has 0 radical (unpaired) electrons. The topological polar surface area (TPSA) is 0 Å². The van der Waals surface area contributed by atoms with E-state index in [1.165, 1.54) is 39.0 Å². The van der Waals surface area contributed by atoms with Crippen molar-refractivity contribution in [2.45, 2.75) is 47.5 Å². The third-order valence-electron chi connectivity index (χ3n) is 5.78. The van der Waals surface area contributed by atoms with Crippen molar-refractivity contribution in [2.75, 3.05) is 0 Å². The van der Waals surface area contributed by atoms with Gasteiger partial charge in [0.25, 0.3) is 0 Å². The Morgan fingerprint density at radius 3 is 1.83 bits per heavy atom. The van der Waals surface area contributed by atoms with Gasteiger partial charge >= 0.3 is 26.2 Å². The van der Waals surface area contributed by atoms with Crippen LogP contribution >= 0.6 is 0 Å². The van der Waals surface area contributed by atoms with Crippen molar-refractivity contribution in [1.29, 1.82) is 0 Å². The van der Waals surface area contributed by atoms with Crippen LogP contribution in [0.5, 0.6) is 0 Å². The van der Waals surface area contributed by atoms with E-state index < -0.39 is 0 Å². The summed E-state index contributed by atoms with van der Waals surface area (Å²) in [5, 5.41) is 0. The number of rotatable bonds is 1. The number of hydrogen-bond donors (Lipinski definition) is 0. The molecule has 150 valence electrons. The van der Waals surface area contributed by atoms with Gasteiger partial charge in [0.15, 0.2) is 0 Å². The molecular formula is C28H34Zr. The summed E-state index contributed by atoms with van der Waals surface area (Å²) in [4.78, 5) is 0. The summed E-state index contributed by atoms with van der Waals surface area (Å²) in [7, 11) is 0. The van der Waals surface area contributed by atoms with Crippen LogP contribution in [0, 0.1) is 32.4 Å². The van der Waals surface area contributed by atoms with E-state index in [-0.39, 0.29) is 46.5 Å². The average molecular weight is 462 g/mol.